The number of rotatable bonds is 1. The molecular formula is C7H9N3O3. The molecule has 0 radical (unpaired) electrons. The van der Waals surface area contributed by atoms with Gasteiger partial charge < -0.3 is 9.94 Å². The van der Waals surface area contributed by atoms with Gasteiger partial charge in [-0.05, 0) is 6.92 Å². The van der Waals surface area contributed by atoms with Gasteiger partial charge in [-0.15, -0.1) is 0 Å². The van der Waals surface area contributed by atoms with Crippen LogP contribution in [0.4, 0.5) is 0 Å². The second-order valence-corrected chi connectivity index (χ2v) is 2.11. The molecule has 0 aliphatic carbocycles. The molecular weight excluding hydrogens is 174 g/mol. The Morgan fingerprint density at radius 2 is 2.54 bits per heavy atom. The number of carbonyl (C=O) groups is 1. The van der Waals surface area contributed by atoms with Crippen LogP contribution >= 0.6 is 0 Å². The zero-order valence-electron chi connectivity index (χ0n) is 7.04. The highest BCUT2D eigenvalue weighted by molar-refractivity contribution is 6.35. The summed E-state index contributed by atoms with van der Waals surface area (Å²) in [6, 6.07) is 0. The second kappa shape index (κ2) is 4.24. The van der Waals surface area contributed by atoms with Crippen molar-refractivity contribution >= 4 is 11.8 Å². The van der Waals surface area contributed by atoms with Crippen molar-refractivity contribution in [2.24, 2.45) is 5.16 Å². The molecule has 1 rings (SSSR count). The molecule has 6 heteroatoms. The number of imidazole rings is 1. The summed E-state index contributed by atoms with van der Waals surface area (Å²) in [6.07, 6.45) is 4.28. The van der Waals surface area contributed by atoms with Gasteiger partial charge in [0.05, 0.1) is 6.61 Å². The van der Waals surface area contributed by atoms with E-state index in [4.69, 9.17) is 5.21 Å². The van der Waals surface area contributed by atoms with Crippen LogP contribution < -0.4 is 0 Å². The van der Waals surface area contributed by atoms with Crippen LogP contribution in [-0.2, 0) is 9.53 Å². The molecule has 0 amide bonds. The predicted octanol–water partition coefficient (Wildman–Crippen LogP) is 0.0820. The van der Waals surface area contributed by atoms with Crippen molar-refractivity contribution < 1.29 is 14.7 Å². The minimum Gasteiger partial charge on any atom is -0.460 e. The Kier molecular flexibility index (Phi) is 3.02. The van der Waals surface area contributed by atoms with Crippen molar-refractivity contribution in [3.8, 4) is 0 Å². The van der Waals surface area contributed by atoms with Crippen LogP contribution in [0.15, 0.2) is 23.9 Å². The first-order chi connectivity index (χ1) is 6.29. The molecule has 0 fully saturated rings. The number of nitrogens with zero attached hydrogens (tertiary/aromatic N) is 3. The largest absolute Gasteiger partial charge is 0.460 e. The summed E-state index contributed by atoms with van der Waals surface area (Å²) in [6.45, 7) is 1.90. The zero-order chi connectivity index (χ0) is 9.68. The zero-order valence-corrected chi connectivity index (χ0v) is 7.04. The first-order valence-corrected chi connectivity index (χ1v) is 3.67. The fraction of sp³-hybridized carbons (Fsp3) is 0.286. The van der Waals surface area contributed by atoms with Crippen LogP contribution in [0.3, 0.4) is 0 Å². The average Bonchev–Trinajstić information content (AvgIpc) is 2.59. The number of hydrogen-bond donors (Lipinski definition) is 1. The molecule has 0 atom stereocenters. The van der Waals surface area contributed by atoms with Gasteiger partial charge in [0.2, 0.25) is 0 Å². The van der Waals surface area contributed by atoms with Crippen LogP contribution in [0.25, 0.3) is 0 Å². The molecule has 0 saturated heterocycles. The van der Waals surface area contributed by atoms with Crippen LogP contribution in [0.5, 0.6) is 0 Å². The molecule has 0 spiro atoms. The molecule has 0 saturated carbocycles. The summed E-state index contributed by atoms with van der Waals surface area (Å²) in [7, 11) is 0. The van der Waals surface area contributed by atoms with Crippen LogP contribution in [-0.4, -0.2) is 33.2 Å². The van der Waals surface area contributed by atoms with E-state index in [0.717, 1.165) is 0 Å². The fourth-order valence-corrected chi connectivity index (χ4v) is 0.778. The molecule has 1 N–H and O–H groups in total. The average molecular weight is 183 g/mol. The van der Waals surface area contributed by atoms with E-state index in [9.17, 15) is 4.79 Å². The minimum atomic E-state index is -0.692. The van der Waals surface area contributed by atoms with Crippen molar-refractivity contribution in [3.63, 3.8) is 0 Å². The first-order valence-electron chi connectivity index (χ1n) is 3.67. The maximum Gasteiger partial charge on any atom is 0.378 e. The molecule has 0 bridgehead atoms. The minimum absolute atomic E-state index is 0.209. The molecule has 13 heavy (non-hydrogen) atoms. The van der Waals surface area contributed by atoms with E-state index in [0.29, 0.717) is 0 Å². The van der Waals surface area contributed by atoms with Crippen LogP contribution in [0.1, 0.15) is 6.92 Å². The van der Waals surface area contributed by atoms with Crippen molar-refractivity contribution in [1.29, 1.82) is 0 Å². The molecule has 1 aromatic rings. The SMILES string of the molecule is CCOC(=O)C(=NO)n1ccnc1. The Morgan fingerprint density at radius 1 is 1.77 bits per heavy atom. The third-order valence-corrected chi connectivity index (χ3v) is 1.30. The Morgan fingerprint density at radius 3 is 3.00 bits per heavy atom. The van der Waals surface area contributed by atoms with Crippen molar-refractivity contribution in [3.05, 3.63) is 18.7 Å². The van der Waals surface area contributed by atoms with E-state index in [1.54, 1.807) is 6.92 Å². The van der Waals surface area contributed by atoms with E-state index < -0.39 is 5.97 Å². The van der Waals surface area contributed by atoms with Gasteiger partial charge in [0.1, 0.15) is 6.33 Å². The Bertz CT molecular complexity index is 305. The van der Waals surface area contributed by atoms with E-state index in [-0.39, 0.29) is 12.4 Å². The third-order valence-electron chi connectivity index (χ3n) is 1.30. The van der Waals surface area contributed by atoms with E-state index in [2.05, 4.69) is 14.9 Å². The van der Waals surface area contributed by atoms with Gasteiger partial charge in [0.25, 0.3) is 5.84 Å². The lowest BCUT2D eigenvalue weighted by molar-refractivity contribution is -0.135. The number of oxime groups is 1. The number of hydrogen-bond acceptors (Lipinski definition) is 5. The molecule has 1 aromatic heterocycles. The highest BCUT2D eigenvalue weighted by atomic mass is 16.5. The molecule has 1 heterocycles. The van der Waals surface area contributed by atoms with Gasteiger partial charge >= 0.3 is 5.97 Å². The monoisotopic (exact) mass is 183 g/mol. The van der Waals surface area contributed by atoms with Gasteiger partial charge in [-0.2, -0.15) is 0 Å². The van der Waals surface area contributed by atoms with Gasteiger partial charge in [-0.3, -0.25) is 4.57 Å². The summed E-state index contributed by atoms with van der Waals surface area (Å²) in [4.78, 5) is 14.8. The summed E-state index contributed by atoms with van der Waals surface area (Å²) >= 11 is 0. The van der Waals surface area contributed by atoms with Gasteiger partial charge in [0, 0.05) is 12.4 Å². The molecule has 0 aliphatic heterocycles. The van der Waals surface area contributed by atoms with Gasteiger partial charge in [-0.25, -0.2) is 9.78 Å². The number of aromatic nitrogens is 2. The quantitative estimate of drug-likeness (QED) is 0.220. The fourth-order valence-electron chi connectivity index (χ4n) is 0.778. The summed E-state index contributed by atoms with van der Waals surface area (Å²) in [5, 5.41) is 11.3. The smallest absolute Gasteiger partial charge is 0.378 e. The van der Waals surface area contributed by atoms with E-state index in [1.807, 2.05) is 0 Å². The Hall–Kier alpha value is -1.85. The van der Waals surface area contributed by atoms with Gasteiger partial charge in [-0.1, -0.05) is 5.16 Å². The molecule has 0 aliphatic rings. The topological polar surface area (TPSA) is 76.7 Å². The standard InChI is InChI=1S/C7H9N3O3/c1-2-13-7(11)6(9-12)10-4-3-8-5-10/h3-5,12H,2H2,1H3. The summed E-state index contributed by atoms with van der Waals surface area (Å²) in [5.41, 5.74) is 0. The Balaban J connectivity index is 2.82. The number of esters is 1. The van der Waals surface area contributed by atoms with Crippen LogP contribution in [0.2, 0.25) is 0 Å². The number of carbonyl (C=O) groups excluding carboxylic acids is 1. The van der Waals surface area contributed by atoms with E-state index >= 15 is 0 Å². The normalized spacial score (nSPS) is 11.3. The van der Waals surface area contributed by atoms with Crippen molar-refractivity contribution in [1.82, 2.24) is 9.55 Å². The highest BCUT2D eigenvalue weighted by Gasteiger charge is 2.14. The first kappa shape index (κ1) is 9.24. The lowest BCUT2D eigenvalue weighted by atomic mass is 10.5. The Labute approximate surface area is 74.4 Å². The lowest BCUT2D eigenvalue weighted by Gasteiger charge is -2.02. The van der Waals surface area contributed by atoms with Crippen molar-refractivity contribution in [2.75, 3.05) is 6.61 Å². The number of ether oxygens (including phenoxy) is 1. The summed E-state index contributed by atoms with van der Waals surface area (Å²) < 4.78 is 5.90. The van der Waals surface area contributed by atoms with Gasteiger partial charge in [0.15, 0.2) is 0 Å². The highest BCUT2D eigenvalue weighted by Crippen LogP contribution is 1.91. The van der Waals surface area contributed by atoms with Crippen LogP contribution in [0, 0.1) is 0 Å². The summed E-state index contributed by atoms with van der Waals surface area (Å²) in [5.74, 6) is -0.901. The third kappa shape index (κ3) is 2.05. The molecule has 6 nitrogen and oxygen atoms in total. The molecule has 0 aromatic carbocycles. The van der Waals surface area contributed by atoms with E-state index in [1.165, 1.54) is 23.3 Å². The maximum atomic E-state index is 11.1. The predicted molar refractivity (Wildman–Crippen MR) is 43.5 cm³/mol. The molecule has 70 valence electrons. The van der Waals surface area contributed by atoms with Crippen molar-refractivity contribution in [2.45, 2.75) is 6.92 Å². The maximum absolute atomic E-state index is 11.1. The molecule has 0 unspecified atom stereocenters. The lowest BCUT2D eigenvalue weighted by Crippen LogP contribution is -2.24. The second-order valence-electron chi connectivity index (χ2n) is 2.11.